The predicted octanol–water partition coefficient (Wildman–Crippen LogP) is 3.49. The zero-order valence-electron chi connectivity index (χ0n) is 17.5. The van der Waals surface area contributed by atoms with E-state index in [1.807, 2.05) is 54.6 Å². The summed E-state index contributed by atoms with van der Waals surface area (Å²) in [6, 6.07) is 16.6. The van der Waals surface area contributed by atoms with Crippen LogP contribution in [-0.2, 0) is 22.4 Å². The lowest BCUT2D eigenvalue weighted by Gasteiger charge is -2.23. The van der Waals surface area contributed by atoms with Crippen LogP contribution < -0.4 is 15.4 Å². The Balaban J connectivity index is 1.98. The van der Waals surface area contributed by atoms with Gasteiger partial charge in [0.1, 0.15) is 17.4 Å². The summed E-state index contributed by atoms with van der Waals surface area (Å²) in [7, 11) is 1.62. The largest absolute Gasteiger partial charge is 0.497 e. The number of rotatable bonds is 8. The van der Waals surface area contributed by atoms with Crippen molar-refractivity contribution in [3.8, 4) is 5.75 Å². The second kappa shape index (κ2) is 10.5. The lowest BCUT2D eigenvalue weighted by atomic mass is 10.1. The van der Waals surface area contributed by atoms with Gasteiger partial charge in [-0.15, -0.1) is 0 Å². The second-order valence-electron chi connectivity index (χ2n) is 7.78. The van der Waals surface area contributed by atoms with Crippen LogP contribution in [0, 0.1) is 0 Å². The monoisotopic (exact) mass is 398 g/mol. The number of amides is 2. The summed E-state index contributed by atoms with van der Waals surface area (Å²) in [5.41, 5.74) is 1.38. The van der Waals surface area contributed by atoms with E-state index in [0.29, 0.717) is 19.4 Å². The number of hydrogen-bond donors (Lipinski definition) is 2. The van der Waals surface area contributed by atoms with E-state index in [-0.39, 0.29) is 5.91 Å². The Kier molecular flexibility index (Phi) is 8.07. The minimum absolute atomic E-state index is 0.248. The maximum atomic E-state index is 12.8. The Morgan fingerprint density at radius 1 is 1.00 bits per heavy atom. The van der Waals surface area contributed by atoms with Gasteiger partial charge in [0.25, 0.3) is 0 Å². The highest BCUT2D eigenvalue weighted by Gasteiger charge is 2.24. The van der Waals surface area contributed by atoms with Crippen molar-refractivity contribution in [1.82, 2.24) is 10.6 Å². The second-order valence-corrected chi connectivity index (χ2v) is 7.78. The first-order valence-electron chi connectivity index (χ1n) is 9.71. The summed E-state index contributed by atoms with van der Waals surface area (Å²) in [6.07, 6.45) is 0.430. The van der Waals surface area contributed by atoms with Crippen LogP contribution in [0.1, 0.15) is 31.9 Å². The summed E-state index contributed by atoms with van der Waals surface area (Å²) < 4.78 is 10.5. The van der Waals surface area contributed by atoms with Crippen LogP contribution >= 0.6 is 0 Å². The van der Waals surface area contributed by atoms with E-state index in [0.717, 1.165) is 16.9 Å². The molecular weight excluding hydrogens is 368 g/mol. The van der Waals surface area contributed by atoms with Gasteiger partial charge < -0.3 is 20.1 Å². The summed E-state index contributed by atoms with van der Waals surface area (Å²) >= 11 is 0. The topological polar surface area (TPSA) is 76.7 Å². The predicted molar refractivity (Wildman–Crippen MR) is 113 cm³/mol. The number of carbonyl (C=O) groups is 2. The molecule has 0 aliphatic heterocycles. The Morgan fingerprint density at radius 3 is 2.34 bits per heavy atom. The van der Waals surface area contributed by atoms with Crippen LogP contribution in [0.5, 0.6) is 5.75 Å². The molecule has 0 spiro atoms. The van der Waals surface area contributed by atoms with Crippen LogP contribution in [-0.4, -0.2) is 37.3 Å². The molecule has 0 aliphatic rings. The molecule has 0 fully saturated rings. The average molecular weight is 399 g/mol. The molecule has 2 aromatic rings. The van der Waals surface area contributed by atoms with Gasteiger partial charge in [-0.05, 0) is 50.5 Å². The third-order valence-corrected chi connectivity index (χ3v) is 4.14. The Morgan fingerprint density at radius 2 is 1.69 bits per heavy atom. The van der Waals surface area contributed by atoms with Crippen molar-refractivity contribution in [3.63, 3.8) is 0 Å². The maximum absolute atomic E-state index is 12.8. The normalized spacial score (nSPS) is 12.0. The minimum Gasteiger partial charge on any atom is -0.497 e. The summed E-state index contributed by atoms with van der Waals surface area (Å²) in [5.74, 6) is 0.532. The zero-order valence-corrected chi connectivity index (χ0v) is 17.5. The van der Waals surface area contributed by atoms with Crippen molar-refractivity contribution < 1.29 is 19.1 Å². The van der Waals surface area contributed by atoms with Crippen molar-refractivity contribution in [2.24, 2.45) is 0 Å². The van der Waals surface area contributed by atoms with Gasteiger partial charge in [-0.25, -0.2) is 4.79 Å². The first-order valence-corrected chi connectivity index (χ1v) is 9.71. The van der Waals surface area contributed by atoms with Crippen LogP contribution in [0.3, 0.4) is 0 Å². The van der Waals surface area contributed by atoms with Gasteiger partial charge in [-0.3, -0.25) is 4.79 Å². The molecule has 0 bridgehead atoms. The molecule has 2 amide bonds. The molecule has 0 radical (unpaired) electrons. The van der Waals surface area contributed by atoms with Gasteiger partial charge in [0.15, 0.2) is 0 Å². The van der Waals surface area contributed by atoms with Gasteiger partial charge in [-0.1, -0.05) is 42.5 Å². The number of methoxy groups -OCH3 is 1. The molecule has 156 valence electrons. The highest BCUT2D eigenvalue weighted by Crippen LogP contribution is 2.13. The van der Waals surface area contributed by atoms with E-state index >= 15 is 0 Å². The van der Waals surface area contributed by atoms with Crippen LogP contribution in [0.2, 0.25) is 0 Å². The van der Waals surface area contributed by atoms with Crippen molar-refractivity contribution in [2.45, 2.75) is 45.3 Å². The van der Waals surface area contributed by atoms with Crippen molar-refractivity contribution in [2.75, 3.05) is 13.7 Å². The fraction of sp³-hybridized carbons (Fsp3) is 0.391. The molecule has 0 aromatic heterocycles. The highest BCUT2D eigenvalue weighted by molar-refractivity contribution is 5.86. The minimum atomic E-state index is -0.724. The van der Waals surface area contributed by atoms with E-state index in [9.17, 15) is 9.59 Å². The number of hydrogen-bond acceptors (Lipinski definition) is 4. The summed E-state index contributed by atoms with van der Waals surface area (Å²) in [4.78, 5) is 25.0. The number of alkyl carbamates (subject to hydrolysis) is 1. The molecule has 6 nitrogen and oxygen atoms in total. The summed E-state index contributed by atoms with van der Waals surface area (Å²) in [6.45, 7) is 5.81. The highest BCUT2D eigenvalue weighted by atomic mass is 16.6. The van der Waals surface area contributed by atoms with Gasteiger partial charge in [0.2, 0.25) is 5.91 Å². The Labute approximate surface area is 172 Å². The van der Waals surface area contributed by atoms with Gasteiger partial charge in [0.05, 0.1) is 7.11 Å². The molecule has 1 unspecified atom stereocenters. The molecular formula is C23H30N2O4. The lowest BCUT2D eigenvalue weighted by Crippen LogP contribution is -2.49. The van der Waals surface area contributed by atoms with Crippen LogP contribution in [0.15, 0.2) is 54.6 Å². The molecule has 6 heteroatoms. The van der Waals surface area contributed by atoms with Gasteiger partial charge >= 0.3 is 6.09 Å². The number of carbonyl (C=O) groups excluding carboxylic acids is 2. The fourth-order valence-corrected chi connectivity index (χ4v) is 2.79. The van der Waals surface area contributed by atoms with E-state index in [1.165, 1.54) is 0 Å². The smallest absolute Gasteiger partial charge is 0.408 e. The zero-order chi connectivity index (χ0) is 21.3. The first-order chi connectivity index (χ1) is 13.8. The average Bonchev–Trinajstić information content (AvgIpc) is 2.67. The van der Waals surface area contributed by atoms with Crippen LogP contribution in [0.25, 0.3) is 0 Å². The Bertz CT molecular complexity index is 800. The third kappa shape index (κ3) is 8.25. The molecule has 0 saturated heterocycles. The molecule has 0 saturated carbocycles. The summed E-state index contributed by atoms with van der Waals surface area (Å²) in [5, 5.41) is 5.60. The van der Waals surface area contributed by atoms with E-state index in [2.05, 4.69) is 10.6 Å². The molecule has 2 N–H and O–H groups in total. The molecule has 2 aromatic carbocycles. The van der Waals surface area contributed by atoms with Crippen molar-refractivity contribution >= 4 is 12.0 Å². The lowest BCUT2D eigenvalue weighted by molar-refractivity contribution is -0.123. The number of benzene rings is 2. The number of nitrogens with one attached hydrogen (secondary N) is 2. The van der Waals surface area contributed by atoms with Gasteiger partial charge in [0, 0.05) is 13.0 Å². The SMILES string of the molecule is COc1cccc(CCNC(=O)C(Cc2ccccc2)NC(=O)OC(C)(C)C)c1. The van der Waals surface area contributed by atoms with E-state index in [4.69, 9.17) is 9.47 Å². The molecule has 29 heavy (non-hydrogen) atoms. The quantitative estimate of drug-likeness (QED) is 0.714. The third-order valence-electron chi connectivity index (χ3n) is 4.14. The van der Waals surface area contributed by atoms with Gasteiger partial charge in [-0.2, -0.15) is 0 Å². The van der Waals surface area contributed by atoms with Crippen molar-refractivity contribution in [3.05, 3.63) is 65.7 Å². The molecule has 2 rings (SSSR count). The van der Waals surface area contributed by atoms with E-state index < -0.39 is 17.7 Å². The maximum Gasteiger partial charge on any atom is 0.408 e. The first kappa shape index (κ1) is 22.3. The Hall–Kier alpha value is -3.02. The number of ether oxygens (including phenoxy) is 2. The van der Waals surface area contributed by atoms with E-state index in [1.54, 1.807) is 27.9 Å². The molecule has 0 heterocycles. The standard InChI is InChI=1S/C23H30N2O4/c1-23(2,3)29-22(27)25-20(16-17-9-6-5-7-10-17)21(26)24-14-13-18-11-8-12-19(15-18)28-4/h5-12,15,20H,13-14,16H2,1-4H3,(H,24,26)(H,25,27). The van der Waals surface area contributed by atoms with Crippen LogP contribution in [0.4, 0.5) is 4.79 Å². The molecule has 1 atom stereocenters. The van der Waals surface area contributed by atoms with Crippen molar-refractivity contribution in [1.29, 1.82) is 0 Å². The molecule has 0 aliphatic carbocycles. The fourth-order valence-electron chi connectivity index (χ4n) is 2.79.